The third kappa shape index (κ3) is 7.90. The normalized spacial score (nSPS) is 10.4. The molecule has 8 heteroatoms. The average molecular weight is 444 g/mol. The summed E-state index contributed by atoms with van der Waals surface area (Å²) in [5.41, 5.74) is 1.63. The van der Waals surface area contributed by atoms with Crippen LogP contribution in [0.15, 0.2) is 42.5 Å². The number of amides is 2. The number of rotatable bonds is 9. The second kappa shape index (κ2) is 11.9. The third-order valence-electron chi connectivity index (χ3n) is 4.19. The van der Waals surface area contributed by atoms with Gasteiger partial charge in [0.15, 0.2) is 5.11 Å². The van der Waals surface area contributed by atoms with E-state index in [0.29, 0.717) is 34.9 Å². The zero-order valence-electron chi connectivity index (χ0n) is 18.3. The van der Waals surface area contributed by atoms with Crippen molar-refractivity contribution in [1.29, 1.82) is 0 Å². The zero-order valence-corrected chi connectivity index (χ0v) is 19.1. The summed E-state index contributed by atoms with van der Waals surface area (Å²) in [6.45, 7) is 5.87. The van der Waals surface area contributed by atoms with E-state index in [9.17, 15) is 9.59 Å². The van der Waals surface area contributed by atoms with Crippen molar-refractivity contribution in [1.82, 2.24) is 5.32 Å². The molecule has 0 saturated carbocycles. The summed E-state index contributed by atoms with van der Waals surface area (Å²) in [6, 6.07) is 12.1. The summed E-state index contributed by atoms with van der Waals surface area (Å²) in [5.74, 6) is 0.691. The summed E-state index contributed by atoms with van der Waals surface area (Å²) < 4.78 is 11.0. The van der Waals surface area contributed by atoms with Crippen LogP contribution in [-0.2, 0) is 4.79 Å². The summed E-state index contributed by atoms with van der Waals surface area (Å²) in [5, 5.41) is 8.59. The van der Waals surface area contributed by atoms with Gasteiger partial charge in [-0.25, -0.2) is 0 Å². The Morgan fingerprint density at radius 1 is 1.10 bits per heavy atom. The molecule has 0 saturated heterocycles. The molecule has 0 heterocycles. The average Bonchev–Trinajstić information content (AvgIpc) is 2.72. The molecule has 0 aliphatic carbocycles. The van der Waals surface area contributed by atoms with Crippen molar-refractivity contribution in [3.05, 3.63) is 48.0 Å². The Morgan fingerprint density at radius 3 is 2.55 bits per heavy atom. The number of nitrogens with one attached hydrogen (secondary N) is 3. The van der Waals surface area contributed by atoms with Crippen molar-refractivity contribution in [2.75, 3.05) is 17.7 Å². The van der Waals surface area contributed by atoms with Crippen LogP contribution in [0.1, 0.15) is 50.4 Å². The molecule has 31 heavy (non-hydrogen) atoms. The van der Waals surface area contributed by atoms with E-state index in [0.717, 1.165) is 12.8 Å². The highest BCUT2D eigenvalue weighted by molar-refractivity contribution is 7.80. The summed E-state index contributed by atoms with van der Waals surface area (Å²) in [7, 11) is 1.52. The molecule has 0 aromatic heterocycles. The van der Waals surface area contributed by atoms with Crippen molar-refractivity contribution in [2.45, 2.75) is 46.1 Å². The quantitative estimate of drug-likeness (QED) is 0.485. The molecular weight excluding hydrogens is 414 g/mol. The van der Waals surface area contributed by atoms with Gasteiger partial charge >= 0.3 is 0 Å². The number of carbonyl (C=O) groups is 2. The van der Waals surface area contributed by atoms with E-state index in [2.05, 4.69) is 16.0 Å². The first-order valence-electron chi connectivity index (χ1n) is 10.2. The fraction of sp³-hybridized carbons (Fsp3) is 0.348. The molecule has 2 aromatic rings. The van der Waals surface area contributed by atoms with Crippen molar-refractivity contribution < 1.29 is 19.1 Å². The van der Waals surface area contributed by atoms with Gasteiger partial charge in [-0.15, -0.1) is 0 Å². The Labute approximate surface area is 188 Å². The second-order valence-electron chi connectivity index (χ2n) is 7.17. The third-order valence-corrected chi connectivity index (χ3v) is 4.39. The number of ether oxygens (including phenoxy) is 2. The number of benzene rings is 2. The predicted octanol–water partition coefficient (Wildman–Crippen LogP) is 4.74. The predicted molar refractivity (Wildman–Crippen MR) is 127 cm³/mol. The highest BCUT2D eigenvalue weighted by atomic mass is 32.1. The molecule has 2 amide bonds. The molecule has 2 aromatic carbocycles. The lowest BCUT2D eigenvalue weighted by Crippen LogP contribution is -2.34. The van der Waals surface area contributed by atoms with Crippen LogP contribution in [0, 0.1) is 0 Å². The molecule has 0 radical (unpaired) electrons. The maximum atomic E-state index is 12.5. The van der Waals surface area contributed by atoms with E-state index < -0.39 is 0 Å². The maximum Gasteiger partial charge on any atom is 0.257 e. The van der Waals surface area contributed by atoms with Crippen LogP contribution in [0.25, 0.3) is 0 Å². The smallest absolute Gasteiger partial charge is 0.257 e. The fourth-order valence-corrected chi connectivity index (χ4v) is 2.95. The maximum absolute atomic E-state index is 12.5. The van der Waals surface area contributed by atoms with Crippen LogP contribution in [0.2, 0.25) is 0 Å². The van der Waals surface area contributed by atoms with E-state index >= 15 is 0 Å². The first-order valence-corrected chi connectivity index (χ1v) is 10.6. The van der Waals surface area contributed by atoms with Crippen molar-refractivity contribution in [3.8, 4) is 11.5 Å². The molecule has 0 fully saturated rings. The van der Waals surface area contributed by atoms with E-state index in [1.807, 2.05) is 20.8 Å². The number of methoxy groups -OCH3 is 1. The van der Waals surface area contributed by atoms with Gasteiger partial charge < -0.3 is 20.1 Å². The standard InChI is InChI=1S/C23H29N3O4S/c1-5-6-10-21(27)25-19-12-11-17(14-20(19)29-4)24-23(31)26-22(28)16-8-7-9-18(13-16)30-15(2)3/h7-9,11-15H,5-6,10H2,1-4H3,(H,25,27)(H2,24,26,28,31). The Morgan fingerprint density at radius 2 is 1.87 bits per heavy atom. The van der Waals surface area contributed by atoms with Gasteiger partial charge in [-0.1, -0.05) is 19.4 Å². The highest BCUT2D eigenvalue weighted by Gasteiger charge is 2.12. The first kappa shape index (κ1) is 24.1. The Kier molecular flexibility index (Phi) is 9.27. The topological polar surface area (TPSA) is 88.7 Å². The number of hydrogen-bond donors (Lipinski definition) is 3. The minimum Gasteiger partial charge on any atom is -0.494 e. The number of anilines is 2. The van der Waals surface area contributed by atoms with Crippen molar-refractivity contribution in [2.24, 2.45) is 0 Å². The molecule has 0 aliphatic rings. The van der Waals surface area contributed by atoms with Gasteiger partial charge in [0.25, 0.3) is 5.91 Å². The highest BCUT2D eigenvalue weighted by Crippen LogP contribution is 2.28. The van der Waals surface area contributed by atoms with Gasteiger partial charge in [-0.05, 0) is 62.8 Å². The molecule has 166 valence electrons. The molecular formula is C23H29N3O4S. The monoisotopic (exact) mass is 443 g/mol. The summed E-state index contributed by atoms with van der Waals surface area (Å²) in [6.07, 6.45) is 2.24. The SMILES string of the molecule is CCCCC(=O)Nc1ccc(NC(=S)NC(=O)c2cccc(OC(C)C)c2)cc1OC. The molecule has 2 rings (SSSR count). The lowest BCUT2D eigenvalue weighted by Gasteiger charge is -2.14. The molecule has 0 atom stereocenters. The molecule has 7 nitrogen and oxygen atoms in total. The van der Waals surface area contributed by atoms with Crippen molar-refractivity contribution in [3.63, 3.8) is 0 Å². The van der Waals surface area contributed by atoms with Crippen LogP contribution in [0.4, 0.5) is 11.4 Å². The Balaban J connectivity index is 2.00. The van der Waals surface area contributed by atoms with Gasteiger partial charge in [0.2, 0.25) is 5.91 Å². The minimum atomic E-state index is -0.349. The number of hydrogen-bond acceptors (Lipinski definition) is 5. The first-order chi connectivity index (χ1) is 14.8. The number of thiocarbonyl (C=S) groups is 1. The zero-order chi connectivity index (χ0) is 22.8. The lowest BCUT2D eigenvalue weighted by atomic mass is 10.2. The lowest BCUT2D eigenvalue weighted by molar-refractivity contribution is -0.116. The van der Waals surface area contributed by atoms with Crippen LogP contribution in [-0.4, -0.2) is 30.1 Å². The summed E-state index contributed by atoms with van der Waals surface area (Å²) in [4.78, 5) is 24.5. The number of unbranched alkanes of at least 4 members (excludes halogenated alkanes) is 1. The van der Waals surface area contributed by atoms with Crippen LogP contribution < -0.4 is 25.4 Å². The largest absolute Gasteiger partial charge is 0.494 e. The second-order valence-corrected chi connectivity index (χ2v) is 7.58. The Hall–Kier alpha value is -3.13. The fourth-order valence-electron chi connectivity index (χ4n) is 2.74. The van der Waals surface area contributed by atoms with Crippen LogP contribution >= 0.6 is 12.2 Å². The number of carbonyl (C=O) groups excluding carboxylic acids is 2. The van der Waals surface area contributed by atoms with E-state index in [1.54, 1.807) is 42.5 Å². The van der Waals surface area contributed by atoms with Gasteiger partial charge in [0.05, 0.1) is 18.9 Å². The molecule has 0 aliphatic heterocycles. The molecule has 0 spiro atoms. The van der Waals surface area contributed by atoms with E-state index in [1.165, 1.54) is 7.11 Å². The van der Waals surface area contributed by atoms with E-state index in [4.69, 9.17) is 21.7 Å². The van der Waals surface area contributed by atoms with Gasteiger partial charge in [0.1, 0.15) is 11.5 Å². The van der Waals surface area contributed by atoms with Crippen LogP contribution in [0.3, 0.4) is 0 Å². The Bertz CT molecular complexity index is 931. The van der Waals surface area contributed by atoms with Gasteiger partial charge in [-0.2, -0.15) is 0 Å². The van der Waals surface area contributed by atoms with Crippen molar-refractivity contribution >= 4 is 40.5 Å². The van der Waals surface area contributed by atoms with E-state index in [-0.39, 0.29) is 23.0 Å². The van der Waals surface area contributed by atoms with Gasteiger partial charge in [0, 0.05) is 23.7 Å². The molecule has 3 N–H and O–H groups in total. The van der Waals surface area contributed by atoms with Gasteiger partial charge in [-0.3, -0.25) is 14.9 Å². The minimum absolute atomic E-state index is 0.00966. The molecule has 0 bridgehead atoms. The molecule has 0 unspecified atom stereocenters. The summed E-state index contributed by atoms with van der Waals surface area (Å²) >= 11 is 5.26. The van der Waals surface area contributed by atoms with Crippen LogP contribution in [0.5, 0.6) is 11.5 Å².